The van der Waals surface area contributed by atoms with Gasteiger partial charge in [-0.05, 0) is 43.5 Å². The van der Waals surface area contributed by atoms with Crippen molar-refractivity contribution in [2.45, 2.75) is 26.2 Å². The number of nitrogens with one attached hydrogen (secondary N) is 1. The van der Waals surface area contributed by atoms with Crippen molar-refractivity contribution in [3.05, 3.63) is 58.9 Å². The molecule has 0 unspecified atom stereocenters. The van der Waals surface area contributed by atoms with Gasteiger partial charge in [0.25, 0.3) is 0 Å². The highest BCUT2D eigenvalue weighted by Gasteiger charge is 2.28. The standard InChI is InChI=1S/C18H19FN2O2S/c1-3-21-17-14(10-23-18(21)22)8-15(9-16(17)19)20-24-11-13-6-4-12(2)5-7-13/h4-9,20H,3,10-11H2,1-2H3. The molecule has 0 spiro atoms. The lowest BCUT2D eigenvalue weighted by Crippen LogP contribution is -2.36. The lowest BCUT2D eigenvalue weighted by molar-refractivity contribution is 0.141. The molecule has 1 amide bonds. The number of hydrogen-bond acceptors (Lipinski definition) is 4. The number of rotatable bonds is 5. The zero-order chi connectivity index (χ0) is 17.1. The van der Waals surface area contributed by atoms with Crippen molar-refractivity contribution in [3.63, 3.8) is 0 Å². The van der Waals surface area contributed by atoms with Crippen molar-refractivity contribution in [2.24, 2.45) is 0 Å². The third-order valence-corrected chi connectivity index (χ3v) is 4.71. The molecule has 1 N–H and O–H groups in total. The van der Waals surface area contributed by atoms with E-state index in [1.807, 2.05) is 6.07 Å². The predicted octanol–water partition coefficient (Wildman–Crippen LogP) is 4.87. The molecule has 0 saturated carbocycles. The van der Waals surface area contributed by atoms with E-state index in [-0.39, 0.29) is 6.61 Å². The van der Waals surface area contributed by atoms with Crippen LogP contribution in [0.25, 0.3) is 0 Å². The Balaban J connectivity index is 1.70. The third kappa shape index (κ3) is 3.48. The maximum atomic E-state index is 14.4. The maximum Gasteiger partial charge on any atom is 0.414 e. The van der Waals surface area contributed by atoms with E-state index in [2.05, 4.69) is 35.9 Å². The number of carbonyl (C=O) groups is 1. The monoisotopic (exact) mass is 346 g/mol. The molecule has 0 bridgehead atoms. The predicted molar refractivity (Wildman–Crippen MR) is 95.7 cm³/mol. The van der Waals surface area contributed by atoms with E-state index < -0.39 is 11.9 Å². The Labute approximate surface area is 145 Å². The lowest BCUT2D eigenvalue weighted by Gasteiger charge is -2.28. The average Bonchev–Trinajstić information content (AvgIpc) is 2.57. The smallest absolute Gasteiger partial charge is 0.414 e. The first-order valence-corrected chi connectivity index (χ1v) is 8.77. The third-order valence-electron chi connectivity index (χ3n) is 3.85. The first kappa shape index (κ1) is 16.6. The summed E-state index contributed by atoms with van der Waals surface area (Å²) in [7, 11) is 0. The molecular formula is C18H19FN2O2S. The molecule has 24 heavy (non-hydrogen) atoms. The van der Waals surface area contributed by atoms with Gasteiger partial charge in [0.2, 0.25) is 0 Å². The molecule has 0 aliphatic carbocycles. The van der Waals surface area contributed by atoms with Crippen molar-refractivity contribution in [1.29, 1.82) is 0 Å². The molecule has 1 aliphatic rings. The molecule has 0 saturated heterocycles. The van der Waals surface area contributed by atoms with Crippen LogP contribution in [-0.4, -0.2) is 12.6 Å². The summed E-state index contributed by atoms with van der Waals surface area (Å²) >= 11 is 1.49. The van der Waals surface area contributed by atoms with Gasteiger partial charge in [0.1, 0.15) is 12.4 Å². The summed E-state index contributed by atoms with van der Waals surface area (Å²) in [5.41, 5.74) is 4.08. The number of fused-ring (bicyclic) bond motifs is 1. The SMILES string of the molecule is CCN1C(=O)OCc2cc(NSCc3ccc(C)cc3)cc(F)c21. The number of ether oxygens (including phenoxy) is 1. The van der Waals surface area contributed by atoms with Gasteiger partial charge >= 0.3 is 6.09 Å². The van der Waals surface area contributed by atoms with Gasteiger partial charge in [-0.15, -0.1) is 0 Å². The Bertz CT molecular complexity index is 749. The minimum Gasteiger partial charge on any atom is -0.444 e. The van der Waals surface area contributed by atoms with Crippen molar-refractivity contribution < 1.29 is 13.9 Å². The number of cyclic esters (lactones) is 1. The second kappa shape index (κ2) is 7.13. The summed E-state index contributed by atoms with van der Waals surface area (Å²) < 4.78 is 22.7. The van der Waals surface area contributed by atoms with Crippen molar-refractivity contribution in [3.8, 4) is 0 Å². The van der Waals surface area contributed by atoms with Crippen molar-refractivity contribution in [2.75, 3.05) is 16.2 Å². The van der Waals surface area contributed by atoms with Gasteiger partial charge in [0.05, 0.1) is 5.69 Å². The van der Waals surface area contributed by atoms with Crippen molar-refractivity contribution in [1.82, 2.24) is 0 Å². The first-order valence-electron chi connectivity index (χ1n) is 7.78. The molecule has 0 fully saturated rings. The van der Waals surface area contributed by atoms with Gasteiger partial charge in [-0.2, -0.15) is 0 Å². The molecule has 1 heterocycles. The minimum absolute atomic E-state index is 0.0970. The summed E-state index contributed by atoms with van der Waals surface area (Å²) in [6.07, 6.45) is -0.502. The molecule has 4 nitrogen and oxygen atoms in total. The van der Waals surface area contributed by atoms with E-state index in [0.29, 0.717) is 23.5 Å². The largest absolute Gasteiger partial charge is 0.444 e. The zero-order valence-electron chi connectivity index (χ0n) is 13.6. The molecular weight excluding hydrogens is 327 g/mol. The molecule has 126 valence electrons. The number of carbonyl (C=O) groups excluding carboxylic acids is 1. The zero-order valence-corrected chi connectivity index (χ0v) is 14.5. The lowest BCUT2D eigenvalue weighted by atomic mass is 10.1. The van der Waals surface area contributed by atoms with Gasteiger partial charge in [-0.25, -0.2) is 9.18 Å². The number of amides is 1. The van der Waals surface area contributed by atoms with Gasteiger partial charge in [0, 0.05) is 23.5 Å². The summed E-state index contributed by atoms with van der Waals surface area (Å²) in [6.45, 7) is 4.31. The van der Waals surface area contributed by atoms with Gasteiger partial charge < -0.3 is 9.46 Å². The molecule has 2 aromatic rings. The quantitative estimate of drug-likeness (QED) is 0.784. The van der Waals surface area contributed by atoms with E-state index in [4.69, 9.17) is 4.74 Å². The molecule has 0 atom stereocenters. The molecule has 3 rings (SSSR count). The minimum atomic E-state index is -0.502. The van der Waals surface area contributed by atoms with Gasteiger partial charge in [-0.1, -0.05) is 29.8 Å². The Kier molecular flexibility index (Phi) is 4.94. The molecule has 0 aromatic heterocycles. The van der Waals surface area contributed by atoms with Crippen LogP contribution in [0.5, 0.6) is 0 Å². The second-order valence-corrected chi connectivity index (χ2v) is 6.42. The summed E-state index contributed by atoms with van der Waals surface area (Å²) in [4.78, 5) is 13.0. The maximum absolute atomic E-state index is 14.4. The molecule has 6 heteroatoms. The fraction of sp³-hybridized carbons (Fsp3) is 0.278. The van der Waals surface area contributed by atoms with Gasteiger partial charge in [-0.3, -0.25) is 4.90 Å². The Morgan fingerprint density at radius 1 is 1.29 bits per heavy atom. The first-order chi connectivity index (χ1) is 11.6. The normalized spacial score (nSPS) is 13.5. The number of anilines is 2. The van der Waals surface area contributed by atoms with Crippen LogP contribution in [0.15, 0.2) is 36.4 Å². The molecule has 2 aromatic carbocycles. The Hall–Kier alpha value is -2.21. The second-order valence-electron chi connectivity index (χ2n) is 5.64. The number of benzene rings is 2. The van der Waals surface area contributed by atoms with Crippen LogP contribution in [0.4, 0.5) is 20.6 Å². The highest BCUT2D eigenvalue weighted by Crippen LogP contribution is 2.33. The summed E-state index contributed by atoms with van der Waals surface area (Å²) in [5, 5.41) is 0. The van der Waals surface area contributed by atoms with E-state index in [9.17, 15) is 9.18 Å². The van der Waals surface area contributed by atoms with E-state index in [1.54, 1.807) is 6.92 Å². The number of aryl methyl sites for hydroxylation is 1. The fourth-order valence-corrected chi connectivity index (χ4v) is 3.33. The summed E-state index contributed by atoms with van der Waals surface area (Å²) in [5.74, 6) is 0.360. The number of halogens is 1. The van der Waals surface area contributed by atoms with Crippen LogP contribution in [0, 0.1) is 12.7 Å². The Morgan fingerprint density at radius 2 is 2.04 bits per heavy atom. The van der Waals surface area contributed by atoms with Crippen LogP contribution in [0.1, 0.15) is 23.6 Å². The van der Waals surface area contributed by atoms with Crippen molar-refractivity contribution >= 4 is 29.4 Å². The summed E-state index contributed by atoms with van der Waals surface area (Å²) in [6, 6.07) is 11.5. The topological polar surface area (TPSA) is 41.6 Å². The average molecular weight is 346 g/mol. The Morgan fingerprint density at radius 3 is 2.75 bits per heavy atom. The van der Waals surface area contributed by atoms with E-state index in [1.165, 1.54) is 34.0 Å². The fourth-order valence-electron chi connectivity index (χ4n) is 2.61. The highest BCUT2D eigenvalue weighted by atomic mass is 32.2. The number of nitrogens with zero attached hydrogens (tertiary/aromatic N) is 1. The van der Waals surface area contributed by atoms with E-state index >= 15 is 0 Å². The van der Waals surface area contributed by atoms with Crippen LogP contribution < -0.4 is 9.62 Å². The van der Waals surface area contributed by atoms with Crippen LogP contribution in [0.2, 0.25) is 0 Å². The van der Waals surface area contributed by atoms with Crippen LogP contribution >= 0.6 is 11.9 Å². The highest BCUT2D eigenvalue weighted by molar-refractivity contribution is 7.99. The molecule has 0 radical (unpaired) electrons. The van der Waals surface area contributed by atoms with Gasteiger partial charge in [0.15, 0.2) is 0 Å². The molecule has 1 aliphatic heterocycles. The van der Waals surface area contributed by atoms with Crippen LogP contribution in [-0.2, 0) is 17.1 Å². The number of hydrogen-bond donors (Lipinski definition) is 1. The van der Waals surface area contributed by atoms with E-state index in [0.717, 1.165) is 5.75 Å². The van der Waals surface area contributed by atoms with Crippen LogP contribution in [0.3, 0.4) is 0 Å².